The van der Waals surface area contributed by atoms with Crippen molar-refractivity contribution in [2.45, 2.75) is 44.3 Å². The van der Waals surface area contributed by atoms with E-state index in [2.05, 4.69) is 37.2 Å². The molecule has 0 aliphatic rings. The standard InChI is InChI=1S/C32H70N10O9Si/c1-33-10-5-13-36-29(44)23-41(24-30(45)37-14-6-11-34-2)18-19-42(25-31(46)38-15-7-12-35-3)26-32(47)39-16-8-17-40(4)22-28(43)27-51-20-9-21-52(48,49)50/h28,33-35,43,48-50H,5-27H2,1-4H3,(H,36,44)(H,37,45)(H,38,46)(H,39,47). The molecule has 1 atom stereocenters. The van der Waals surface area contributed by atoms with E-state index in [1.54, 1.807) is 9.80 Å². The molecule has 1 unspecified atom stereocenters. The molecule has 4 amide bonds. The van der Waals surface area contributed by atoms with Crippen LogP contribution in [0, 0.1) is 0 Å². The summed E-state index contributed by atoms with van der Waals surface area (Å²) in [5, 5.41) is 30.8. The van der Waals surface area contributed by atoms with Gasteiger partial charge in [0.15, 0.2) is 0 Å². The van der Waals surface area contributed by atoms with E-state index in [1.807, 2.05) is 33.1 Å². The van der Waals surface area contributed by atoms with Crippen LogP contribution in [0.4, 0.5) is 0 Å². The molecule has 0 saturated heterocycles. The Balaban J connectivity index is 5.09. The second-order valence-corrected chi connectivity index (χ2v) is 15.0. The Morgan fingerprint density at radius 1 is 0.596 bits per heavy atom. The van der Waals surface area contributed by atoms with Gasteiger partial charge >= 0.3 is 8.80 Å². The number of carbonyl (C=O) groups excluding carboxylic acids is 4. The molecule has 0 aromatic rings. The summed E-state index contributed by atoms with van der Waals surface area (Å²) in [6.07, 6.45) is 2.41. The Hall–Kier alpha value is -2.34. The van der Waals surface area contributed by atoms with Crippen LogP contribution in [0.25, 0.3) is 0 Å². The van der Waals surface area contributed by atoms with Gasteiger partial charge in [0.25, 0.3) is 0 Å². The van der Waals surface area contributed by atoms with Gasteiger partial charge in [0, 0.05) is 58.5 Å². The Labute approximate surface area is 311 Å². The van der Waals surface area contributed by atoms with Crippen molar-refractivity contribution in [1.29, 1.82) is 0 Å². The van der Waals surface area contributed by atoms with E-state index in [9.17, 15) is 24.3 Å². The molecular formula is C32H70N10O9Si. The summed E-state index contributed by atoms with van der Waals surface area (Å²) < 4.78 is 5.34. The highest BCUT2D eigenvalue weighted by Gasteiger charge is 2.25. The zero-order chi connectivity index (χ0) is 39.0. The highest BCUT2D eigenvalue weighted by Crippen LogP contribution is 2.02. The quantitative estimate of drug-likeness (QED) is 0.0213. The number of aliphatic hydroxyl groups excluding tert-OH is 1. The summed E-state index contributed by atoms with van der Waals surface area (Å²) in [7, 11) is 3.27. The Morgan fingerprint density at radius 3 is 1.35 bits per heavy atom. The van der Waals surface area contributed by atoms with Crippen LogP contribution in [0.1, 0.15) is 32.1 Å². The lowest BCUT2D eigenvalue weighted by molar-refractivity contribution is -0.128. The minimum absolute atomic E-state index is 0.00669. The molecule has 19 nitrogen and oxygen atoms in total. The number of nitrogens with one attached hydrogen (secondary N) is 7. The van der Waals surface area contributed by atoms with Gasteiger partial charge in [-0.15, -0.1) is 0 Å². The molecule has 0 bridgehead atoms. The first-order chi connectivity index (χ1) is 24.8. The zero-order valence-electron chi connectivity index (χ0n) is 32.0. The minimum Gasteiger partial charge on any atom is -0.390 e. The predicted molar refractivity (Wildman–Crippen MR) is 201 cm³/mol. The van der Waals surface area contributed by atoms with Crippen molar-refractivity contribution >= 4 is 32.4 Å². The summed E-state index contributed by atoms with van der Waals surface area (Å²) in [6.45, 7) is 5.77. The number of likely N-dealkylation sites (N-methyl/N-ethyl adjacent to an activating group) is 1. The number of rotatable bonds is 35. The molecular weight excluding hydrogens is 696 g/mol. The van der Waals surface area contributed by atoms with Crippen LogP contribution in [0.3, 0.4) is 0 Å². The average molecular weight is 767 g/mol. The zero-order valence-corrected chi connectivity index (χ0v) is 33.0. The van der Waals surface area contributed by atoms with E-state index in [0.29, 0.717) is 45.7 Å². The van der Waals surface area contributed by atoms with E-state index in [0.717, 1.165) is 38.9 Å². The molecule has 0 aromatic carbocycles. The van der Waals surface area contributed by atoms with Gasteiger partial charge < -0.3 is 66.3 Å². The lowest BCUT2D eigenvalue weighted by atomic mass is 10.3. The molecule has 0 radical (unpaired) electrons. The fraction of sp³-hybridized carbons (Fsp3) is 0.875. The number of hydrogen-bond acceptors (Lipinski definition) is 15. The maximum absolute atomic E-state index is 13.0. The Kier molecular flexibility index (Phi) is 30.7. The van der Waals surface area contributed by atoms with E-state index in [1.165, 1.54) is 0 Å². The third-order valence-electron chi connectivity index (χ3n) is 7.65. The average Bonchev–Trinajstić information content (AvgIpc) is 3.07. The molecule has 0 aliphatic carbocycles. The van der Waals surface area contributed by atoms with E-state index in [-0.39, 0.29) is 88.6 Å². The molecule has 20 heteroatoms. The van der Waals surface area contributed by atoms with Crippen LogP contribution in [-0.2, 0) is 23.9 Å². The van der Waals surface area contributed by atoms with Gasteiger partial charge in [-0.05, 0) is 86.5 Å². The van der Waals surface area contributed by atoms with Crippen molar-refractivity contribution in [2.75, 3.05) is 140 Å². The van der Waals surface area contributed by atoms with Crippen molar-refractivity contribution < 1.29 is 43.4 Å². The van der Waals surface area contributed by atoms with Crippen molar-refractivity contribution in [3.63, 3.8) is 0 Å². The van der Waals surface area contributed by atoms with Gasteiger partial charge in [0.05, 0.1) is 38.9 Å². The maximum atomic E-state index is 13.0. The lowest BCUT2D eigenvalue weighted by Gasteiger charge is -2.26. The summed E-state index contributed by atoms with van der Waals surface area (Å²) in [4.78, 5) is 83.6. The fourth-order valence-electron chi connectivity index (χ4n) is 4.94. The molecule has 11 N–H and O–H groups in total. The van der Waals surface area contributed by atoms with Gasteiger partial charge in [-0.3, -0.25) is 29.0 Å². The number of ether oxygens (including phenoxy) is 1. The first-order valence-electron chi connectivity index (χ1n) is 18.4. The van der Waals surface area contributed by atoms with Crippen molar-refractivity contribution in [3.8, 4) is 0 Å². The highest BCUT2D eigenvalue weighted by atomic mass is 28.4. The lowest BCUT2D eigenvalue weighted by Crippen LogP contribution is -2.49. The molecule has 0 aliphatic heterocycles. The fourth-order valence-corrected chi connectivity index (χ4v) is 5.56. The molecule has 0 spiro atoms. The van der Waals surface area contributed by atoms with Crippen LogP contribution < -0.4 is 37.2 Å². The smallest absolute Gasteiger partial charge is 0.390 e. The normalized spacial score (nSPS) is 12.4. The Bertz CT molecular complexity index is 927. The SMILES string of the molecule is CNCCCNC(=O)CN(CCN(CC(=O)NCCCNC)CC(=O)NCCCN(C)CC(O)COCCC[Si](O)(O)O)CC(=O)NCCCNC. The van der Waals surface area contributed by atoms with Crippen molar-refractivity contribution in [2.24, 2.45) is 0 Å². The number of nitrogens with zero attached hydrogens (tertiary/aromatic N) is 3. The molecule has 0 aromatic heterocycles. The Morgan fingerprint density at radius 2 is 0.981 bits per heavy atom. The number of aliphatic hydroxyl groups is 1. The van der Waals surface area contributed by atoms with Crippen molar-refractivity contribution in [1.82, 2.24) is 51.9 Å². The van der Waals surface area contributed by atoms with Gasteiger partial charge in [-0.2, -0.15) is 0 Å². The van der Waals surface area contributed by atoms with E-state index < -0.39 is 14.9 Å². The summed E-state index contributed by atoms with van der Waals surface area (Å²) >= 11 is 0. The van der Waals surface area contributed by atoms with Crippen LogP contribution >= 0.6 is 0 Å². The van der Waals surface area contributed by atoms with Crippen molar-refractivity contribution in [3.05, 3.63) is 0 Å². The largest absolute Gasteiger partial charge is 0.492 e. The molecule has 52 heavy (non-hydrogen) atoms. The third kappa shape index (κ3) is 32.3. The molecule has 0 saturated carbocycles. The van der Waals surface area contributed by atoms with Gasteiger partial charge in [-0.25, -0.2) is 0 Å². The molecule has 306 valence electrons. The van der Waals surface area contributed by atoms with Gasteiger partial charge in [-0.1, -0.05) is 0 Å². The van der Waals surface area contributed by atoms with Gasteiger partial charge in [0.2, 0.25) is 23.6 Å². The minimum atomic E-state index is -4.08. The topological polar surface area (TPSA) is 252 Å². The highest BCUT2D eigenvalue weighted by molar-refractivity contribution is 6.56. The van der Waals surface area contributed by atoms with Crippen LogP contribution in [0.15, 0.2) is 0 Å². The van der Waals surface area contributed by atoms with Crippen LogP contribution in [0.2, 0.25) is 6.04 Å². The molecule has 0 heterocycles. The summed E-state index contributed by atoms with van der Waals surface area (Å²) in [5.41, 5.74) is 0. The number of amides is 4. The molecule has 0 fully saturated rings. The number of carbonyl (C=O) groups is 4. The van der Waals surface area contributed by atoms with E-state index in [4.69, 9.17) is 19.1 Å². The second-order valence-electron chi connectivity index (χ2n) is 12.9. The predicted octanol–water partition coefficient (Wildman–Crippen LogP) is -5.11. The number of hydrogen-bond donors (Lipinski definition) is 11. The maximum Gasteiger partial charge on any atom is 0.492 e. The van der Waals surface area contributed by atoms with Crippen LogP contribution in [0.5, 0.6) is 0 Å². The first-order valence-corrected chi connectivity index (χ1v) is 20.4. The summed E-state index contributed by atoms with van der Waals surface area (Å²) in [5.74, 6) is -0.919. The summed E-state index contributed by atoms with van der Waals surface area (Å²) in [6, 6.07) is -0.123. The third-order valence-corrected chi connectivity index (χ3v) is 8.68. The monoisotopic (exact) mass is 767 g/mol. The molecule has 0 rings (SSSR count). The van der Waals surface area contributed by atoms with E-state index >= 15 is 0 Å². The first kappa shape index (κ1) is 49.7. The second kappa shape index (κ2) is 32.1. The van der Waals surface area contributed by atoms with Gasteiger partial charge in [0.1, 0.15) is 0 Å². The van der Waals surface area contributed by atoms with Crippen LogP contribution in [-0.4, -0.2) is 212 Å².